The molecule has 2 rings (SSSR count). The van der Waals surface area contributed by atoms with Crippen LogP contribution >= 0.6 is 0 Å². The minimum Gasteiger partial charge on any atom is -0.494 e. The van der Waals surface area contributed by atoms with Crippen molar-refractivity contribution < 1.29 is 19.1 Å². The third kappa shape index (κ3) is 4.38. The summed E-state index contributed by atoms with van der Waals surface area (Å²) in [6.45, 7) is 3.52. The van der Waals surface area contributed by atoms with Crippen LogP contribution in [0.1, 0.15) is 19.8 Å². The lowest BCUT2D eigenvalue weighted by molar-refractivity contribution is -0.136. The van der Waals surface area contributed by atoms with Gasteiger partial charge in [-0.1, -0.05) is 0 Å². The molecule has 1 aliphatic rings. The van der Waals surface area contributed by atoms with E-state index in [4.69, 9.17) is 15.2 Å². The van der Waals surface area contributed by atoms with Crippen molar-refractivity contribution in [1.82, 2.24) is 4.90 Å². The Hall–Kier alpha value is -2.24. The van der Waals surface area contributed by atoms with Gasteiger partial charge in [0.05, 0.1) is 12.5 Å². The number of hydrogen-bond acceptors (Lipinski definition) is 4. The monoisotopic (exact) mass is 306 g/mol. The van der Waals surface area contributed by atoms with Gasteiger partial charge in [0, 0.05) is 13.1 Å². The van der Waals surface area contributed by atoms with Crippen LogP contribution in [0.2, 0.25) is 0 Å². The van der Waals surface area contributed by atoms with Crippen LogP contribution in [0.5, 0.6) is 11.5 Å². The van der Waals surface area contributed by atoms with Crippen LogP contribution in [0.15, 0.2) is 24.3 Å². The van der Waals surface area contributed by atoms with E-state index in [1.165, 1.54) is 0 Å². The average molecular weight is 306 g/mol. The van der Waals surface area contributed by atoms with Gasteiger partial charge in [-0.3, -0.25) is 9.59 Å². The zero-order chi connectivity index (χ0) is 15.9. The summed E-state index contributed by atoms with van der Waals surface area (Å²) in [5, 5.41) is 0. The Morgan fingerprint density at radius 1 is 1.23 bits per heavy atom. The summed E-state index contributed by atoms with van der Waals surface area (Å²) < 4.78 is 10.8. The van der Waals surface area contributed by atoms with Crippen LogP contribution in [0.4, 0.5) is 0 Å². The second kappa shape index (κ2) is 7.68. The highest BCUT2D eigenvalue weighted by molar-refractivity contribution is 5.81. The van der Waals surface area contributed by atoms with Crippen LogP contribution in [-0.2, 0) is 9.59 Å². The summed E-state index contributed by atoms with van der Waals surface area (Å²) >= 11 is 0. The number of nitrogens with two attached hydrogens (primary N) is 1. The van der Waals surface area contributed by atoms with E-state index in [1.54, 1.807) is 29.2 Å². The zero-order valence-electron chi connectivity index (χ0n) is 12.8. The maximum atomic E-state index is 12.1. The van der Waals surface area contributed by atoms with E-state index in [1.807, 2.05) is 6.92 Å². The van der Waals surface area contributed by atoms with Gasteiger partial charge in [-0.25, -0.2) is 0 Å². The third-order valence-corrected chi connectivity index (χ3v) is 3.67. The molecule has 0 radical (unpaired) electrons. The van der Waals surface area contributed by atoms with Crippen molar-refractivity contribution in [2.24, 2.45) is 11.7 Å². The number of primary amides is 1. The molecule has 120 valence electrons. The molecule has 22 heavy (non-hydrogen) atoms. The molecule has 1 fully saturated rings. The van der Waals surface area contributed by atoms with Crippen molar-refractivity contribution >= 4 is 11.8 Å². The van der Waals surface area contributed by atoms with Gasteiger partial charge >= 0.3 is 0 Å². The van der Waals surface area contributed by atoms with Crippen molar-refractivity contribution in [1.29, 1.82) is 0 Å². The molecule has 0 unspecified atom stereocenters. The Balaban J connectivity index is 1.83. The molecule has 0 spiro atoms. The number of piperidine rings is 1. The smallest absolute Gasteiger partial charge is 0.260 e. The SMILES string of the molecule is CCOc1ccc(OCC(=O)N2CCC[C@@H](C(N)=O)C2)cc1. The average Bonchev–Trinajstić information content (AvgIpc) is 2.54. The van der Waals surface area contributed by atoms with E-state index in [0.717, 1.165) is 18.6 Å². The molecule has 2 amide bonds. The number of nitrogens with zero attached hydrogens (tertiary/aromatic N) is 1. The fraction of sp³-hybridized carbons (Fsp3) is 0.500. The largest absolute Gasteiger partial charge is 0.494 e. The van der Waals surface area contributed by atoms with E-state index in [-0.39, 0.29) is 24.3 Å². The van der Waals surface area contributed by atoms with Gasteiger partial charge in [-0.05, 0) is 44.0 Å². The lowest BCUT2D eigenvalue weighted by Gasteiger charge is -2.31. The van der Waals surface area contributed by atoms with Gasteiger partial charge in [0.1, 0.15) is 11.5 Å². The molecule has 0 bridgehead atoms. The van der Waals surface area contributed by atoms with E-state index in [9.17, 15) is 9.59 Å². The molecule has 0 aromatic heterocycles. The van der Waals surface area contributed by atoms with Gasteiger partial charge in [-0.15, -0.1) is 0 Å². The van der Waals surface area contributed by atoms with Gasteiger partial charge in [0.15, 0.2) is 6.61 Å². The fourth-order valence-corrected chi connectivity index (χ4v) is 2.47. The molecule has 1 saturated heterocycles. The van der Waals surface area contributed by atoms with Gasteiger partial charge in [0.2, 0.25) is 5.91 Å². The van der Waals surface area contributed by atoms with E-state index >= 15 is 0 Å². The molecule has 1 aromatic rings. The number of carbonyl (C=O) groups is 2. The minimum atomic E-state index is -0.343. The maximum absolute atomic E-state index is 12.1. The number of amides is 2. The number of benzene rings is 1. The Morgan fingerprint density at radius 3 is 2.45 bits per heavy atom. The Labute approximate surface area is 130 Å². The van der Waals surface area contributed by atoms with Crippen molar-refractivity contribution in [3.63, 3.8) is 0 Å². The zero-order valence-corrected chi connectivity index (χ0v) is 12.8. The summed E-state index contributed by atoms with van der Waals surface area (Å²) in [7, 11) is 0. The van der Waals surface area contributed by atoms with Crippen molar-refractivity contribution in [3.8, 4) is 11.5 Å². The van der Waals surface area contributed by atoms with Crippen molar-refractivity contribution in [2.45, 2.75) is 19.8 Å². The van der Waals surface area contributed by atoms with Crippen LogP contribution < -0.4 is 15.2 Å². The summed E-state index contributed by atoms with van der Waals surface area (Å²) in [5.41, 5.74) is 5.31. The van der Waals surface area contributed by atoms with E-state index < -0.39 is 0 Å². The molecule has 1 aromatic carbocycles. The van der Waals surface area contributed by atoms with Crippen molar-refractivity contribution in [3.05, 3.63) is 24.3 Å². The Morgan fingerprint density at radius 2 is 1.86 bits per heavy atom. The normalized spacial score (nSPS) is 17.9. The second-order valence-corrected chi connectivity index (χ2v) is 5.27. The Bertz CT molecular complexity index is 515. The molecule has 1 heterocycles. The number of ether oxygens (including phenoxy) is 2. The first-order chi connectivity index (χ1) is 10.6. The lowest BCUT2D eigenvalue weighted by Crippen LogP contribution is -2.45. The van der Waals surface area contributed by atoms with Crippen LogP contribution in [0.25, 0.3) is 0 Å². The number of likely N-dealkylation sites (tertiary alicyclic amines) is 1. The molecule has 1 aliphatic heterocycles. The predicted octanol–water partition coefficient (Wildman–Crippen LogP) is 1.19. The second-order valence-electron chi connectivity index (χ2n) is 5.27. The lowest BCUT2D eigenvalue weighted by atomic mass is 9.97. The van der Waals surface area contributed by atoms with Gasteiger partial charge in [0.25, 0.3) is 5.91 Å². The van der Waals surface area contributed by atoms with Crippen molar-refractivity contribution in [2.75, 3.05) is 26.3 Å². The number of rotatable bonds is 6. The first-order valence-electron chi connectivity index (χ1n) is 7.53. The number of carbonyl (C=O) groups excluding carboxylic acids is 2. The number of hydrogen-bond donors (Lipinski definition) is 1. The highest BCUT2D eigenvalue weighted by Gasteiger charge is 2.26. The van der Waals surface area contributed by atoms with Crippen LogP contribution in [0, 0.1) is 5.92 Å². The third-order valence-electron chi connectivity index (χ3n) is 3.67. The standard InChI is InChI=1S/C16H22N2O4/c1-2-21-13-5-7-14(8-6-13)22-11-15(19)18-9-3-4-12(10-18)16(17)20/h5-8,12H,2-4,9-11H2,1H3,(H2,17,20)/t12-/m1/s1. The first kappa shape index (κ1) is 16.1. The molecule has 1 atom stereocenters. The highest BCUT2D eigenvalue weighted by Crippen LogP contribution is 2.19. The van der Waals surface area contributed by atoms with E-state index in [0.29, 0.717) is 25.4 Å². The van der Waals surface area contributed by atoms with Gasteiger partial charge in [-0.2, -0.15) is 0 Å². The molecule has 6 nitrogen and oxygen atoms in total. The Kier molecular flexibility index (Phi) is 5.63. The molecule has 0 aliphatic carbocycles. The maximum Gasteiger partial charge on any atom is 0.260 e. The predicted molar refractivity (Wildman–Crippen MR) is 81.6 cm³/mol. The summed E-state index contributed by atoms with van der Waals surface area (Å²) in [6.07, 6.45) is 1.54. The molecule has 0 saturated carbocycles. The molecular formula is C16H22N2O4. The van der Waals surface area contributed by atoms with E-state index in [2.05, 4.69) is 0 Å². The highest BCUT2D eigenvalue weighted by atomic mass is 16.5. The van der Waals surface area contributed by atoms with Gasteiger partial charge < -0.3 is 20.1 Å². The summed E-state index contributed by atoms with van der Waals surface area (Å²) in [5.74, 6) is 0.662. The fourth-order valence-electron chi connectivity index (χ4n) is 2.47. The summed E-state index contributed by atoms with van der Waals surface area (Å²) in [6, 6.07) is 7.13. The summed E-state index contributed by atoms with van der Waals surface area (Å²) in [4.78, 5) is 25.0. The molecular weight excluding hydrogens is 284 g/mol. The molecule has 2 N–H and O–H groups in total. The molecule has 6 heteroatoms. The topological polar surface area (TPSA) is 81.9 Å². The van der Waals surface area contributed by atoms with Crippen LogP contribution in [-0.4, -0.2) is 43.0 Å². The van der Waals surface area contributed by atoms with Crippen LogP contribution in [0.3, 0.4) is 0 Å². The first-order valence-corrected chi connectivity index (χ1v) is 7.53. The quantitative estimate of drug-likeness (QED) is 0.856. The minimum absolute atomic E-state index is 0.0422.